The lowest BCUT2D eigenvalue weighted by molar-refractivity contribution is -0.124. The first-order chi connectivity index (χ1) is 10.1. The van der Waals surface area contributed by atoms with Gasteiger partial charge in [-0.1, -0.05) is 24.6 Å². The monoisotopic (exact) mass is 294 g/mol. The minimum absolute atomic E-state index is 0.0490. The van der Waals surface area contributed by atoms with Gasteiger partial charge in [-0.25, -0.2) is 4.39 Å². The zero-order valence-corrected chi connectivity index (χ0v) is 12.4. The number of hydrogen-bond donors (Lipinski definition) is 2. The van der Waals surface area contributed by atoms with Gasteiger partial charge in [0.25, 0.3) is 0 Å². The van der Waals surface area contributed by atoms with Crippen LogP contribution in [0.5, 0.6) is 0 Å². The van der Waals surface area contributed by atoms with E-state index in [4.69, 9.17) is 0 Å². The molecule has 2 rings (SSSR count). The van der Waals surface area contributed by atoms with Crippen molar-refractivity contribution in [3.05, 3.63) is 35.6 Å². The molecule has 1 aromatic carbocycles. The van der Waals surface area contributed by atoms with Gasteiger partial charge in [0, 0.05) is 24.2 Å². The van der Waals surface area contributed by atoms with Crippen LogP contribution in [0.15, 0.2) is 24.3 Å². The fourth-order valence-corrected chi connectivity index (χ4v) is 2.88. The average molecular weight is 294 g/mol. The molecule has 1 aliphatic heterocycles. The Kier molecular flexibility index (Phi) is 5.70. The molecule has 2 N–H and O–H groups in total. The number of likely N-dealkylation sites (tertiary alicyclic amines) is 1. The summed E-state index contributed by atoms with van der Waals surface area (Å²) in [6, 6.07) is 6.76. The maximum Gasteiger partial charge on any atom is 0.234 e. The summed E-state index contributed by atoms with van der Waals surface area (Å²) < 4.78 is 13.5. The highest BCUT2D eigenvalue weighted by atomic mass is 19.1. The summed E-state index contributed by atoms with van der Waals surface area (Å²) in [5.74, 6) is -0.442. The number of halogens is 1. The van der Waals surface area contributed by atoms with E-state index in [1.807, 2.05) is 4.90 Å². The van der Waals surface area contributed by atoms with Crippen LogP contribution in [0.25, 0.3) is 0 Å². The van der Waals surface area contributed by atoms with E-state index in [9.17, 15) is 14.3 Å². The first-order valence-electron chi connectivity index (χ1n) is 7.48. The second-order valence-electron chi connectivity index (χ2n) is 5.66. The van der Waals surface area contributed by atoms with Crippen LogP contribution in [0, 0.1) is 5.82 Å². The second kappa shape index (κ2) is 7.52. The van der Waals surface area contributed by atoms with E-state index < -0.39 is 0 Å². The molecular formula is C16H23FN2O2. The van der Waals surface area contributed by atoms with Crippen molar-refractivity contribution in [2.75, 3.05) is 13.2 Å². The Morgan fingerprint density at radius 1 is 1.43 bits per heavy atom. The third-order valence-corrected chi connectivity index (χ3v) is 4.17. The predicted octanol–water partition coefficient (Wildman–Crippen LogP) is 1.68. The fraction of sp³-hybridized carbons (Fsp3) is 0.562. The smallest absolute Gasteiger partial charge is 0.234 e. The van der Waals surface area contributed by atoms with Gasteiger partial charge in [0.1, 0.15) is 5.82 Å². The van der Waals surface area contributed by atoms with E-state index in [2.05, 4.69) is 12.2 Å². The van der Waals surface area contributed by atoms with Gasteiger partial charge in [0.05, 0.1) is 13.2 Å². The Balaban J connectivity index is 1.87. The Labute approximate surface area is 125 Å². The number of rotatable bonds is 5. The minimum Gasteiger partial charge on any atom is -0.395 e. The highest BCUT2D eigenvalue weighted by Gasteiger charge is 2.28. The van der Waals surface area contributed by atoms with Crippen LogP contribution in [0.1, 0.15) is 31.7 Å². The van der Waals surface area contributed by atoms with Crippen molar-refractivity contribution < 1.29 is 14.3 Å². The van der Waals surface area contributed by atoms with Gasteiger partial charge in [0.2, 0.25) is 5.91 Å². The number of carbonyl (C=O) groups excluding carboxylic acids is 1. The number of aliphatic hydroxyl groups is 1. The molecule has 0 spiro atoms. The zero-order chi connectivity index (χ0) is 15.2. The lowest BCUT2D eigenvalue weighted by atomic mass is 9.97. The summed E-state index contributed by atoms with van der Waals surface area (Å²) in [6.07, 6.45) is 3.04. The van der Waals surface area contributed by atoms with E-state index in [0.29, 0.717) is 5.56 Å². The zero-order valence-electron chi connectivity index (χ0n) is 12.4. The summed E-state index contributed by atoms with van der Waals surface area (Å²) in [6.45, 7) is 2.59. The number of amides is 1. The SMILES string of the molecule is CC1CCCC(CO)N1CC(=O)NCc1ccccc1F. The molecule has 4 nitrogen and oxygen atoms in total. The van der Waals surface area contributed by atoms with Crippen LogP contribution >= 0.6 is 0 Å². The van der Waals surface area contributed by atoms with Gasteiger partial charge in [-0.2, -0.15) is 0 Å². The number of hydrogen-bond acceptors (Lipinski definition) is 3. The Hall–Kier alpha value is -1.46. The van der Waals surface area contributed by atoms with Crippen molar-refractivity contribution in [2.45, 2.75) is 44.8 Å². The Bertz CT molecular complexity index is 481. The van der Waals surface area contributed by atoms with Gasteiger partial charge < -0.3 is 10.4 Å². The molecule has 1 aliphatic rings. The Morgan fingerprint density at radius 2 is 2.19 bits per heavy atom. The molecule has 0 bridgehead atoms. The number of nitrogens with one attached hydrogen (secondary N) is 1. The third kappa shape index (κ3) is 4.25. The molecule has 1 amide bonds. The number of carbonyl (C=O) groups is 1. The number of aliphatic hydroxyl groups excluding tert-OH is 1. The summed E-state index contributed by atoms with van der Waals surface area (Å²) in [5, 5.41) is 12.2. The van der Waals surface area contributed by atoms with Crippen LogP contribution in [0.4, 0.5) is 4.39 Å². The standard InChI is InChI=1S/C16H23FN2O2/c1-12-5-4-7-14(11-20)19(12)10-16(21)18-9-13-6-2-3-8-15(13)17/h2-3,6,8,12,14,20H,4-5,7,9-11H2,1H3,(H,18,21). The average Bonchev–Trinajstić information content (AvgIpc) is 2.48. The summed E-state index contributed by atoms with van der Waals surface area (Å²) in [5.41, 5.74) is 0.483. The van der Waals surface area contributed by atoms with Gasteiger partial charge in [-0.15, -0.1) is 0 Å². The van der Waals surface area contributed by atoms with Crippen molar-refractivity contribution in [1.29, 1.82) is 0 Å². The lowest BCUT2D eigenvalue weighted by Gasteiger charge is -2.39. The quantitative estimate of drug-likeness (QED) is 0.868. The number of nitrogens with zero attached hydrogens (tertiary/aromatic N) is 1. The molecule has 2 unspecified atom stereocenters. The van der Waals surface area contributed by atoms with E-state index in [0.717, 1.165) is 19.3 Å². The minimum atomic E-state index is -0.308. The van der Waals surface area contributed by atoms with Crippen molar-refractivity contribution in [1.82, 2.24) is 10.2 Å². The molecule has 0 aromatic heterocycles. The molecule has 2 atom stereocenters. The molecule has 1 heterocycles. The van der Waals surface area contributed by atoms with Crippen molar-refractivity contribution in [3.63, 3.8) is 0 Å². The summed E-state index contributed by atoms with van der Waals surface area (Å²) in [4.78, 5) is 14.1. The molecule has 0 radical (unpaired) electrons. The van der Waals surface area contributed by atoms with Crippen molar-refractivity contribution in [2.24, 2.45) is 0 Å². The molecule has 1 saturated heterocycles. The number of benzene rings is 1. The largest absolute Gasteiger partial charge is 0.395 e. The highest BCUT2D eigenvalue weighted by molar-refractivity contribution is 5.78. The second-order valence-corrected chi connectivity index (χ2v) is 5.66. The first kappa shape index (κ1) is 15.9. The number of piperidine rings is 1. The van der Waals surface area contributed by atoms with Crippen LogP contribution in [-0.4, -0.2) is 41.1 Å². The van der Waals surface area contributed by atoms with Crippen molar-refractivity contribution >= 4 is 5.91 Å². The lowest BCUT2D eigenvalue weighted by Crippen LogP contribution is -2.51. The molecule has 5 heteroatoms. The van der Waals surface area contributed by atoms with E-state index in [1.54, 1.807) is 18.2 Å². The van der Waals surface area contributed by atoms with E-state index in [1.165, 1.54) is 6.07 Å². The Morgan fingerprint density at radius 3 is 2.90 bits per heavy atom. The van der Waals surface area contributed by atoms with Gasteiger partial charge in [-0.3, -0.25) is 9.69 Å². The topological polar surface area (TPSA) is 52.6 Å². The molecule has 1 fully saturated rings. The molecule has 0 aliphatic carbocycles. The predicted molar refractivity (Wildman–Crippen MR) is 79.1 cm³/mol. The van der Waals surface area contributed by atoms with Gasteiger partial charge in [-0.05, 0) is 25.8 Å². The molecule has 0 saturated carbocycles. The van der Waals surface area contributed by atoms with Crippen LogP contribution < -0.4 is 5.32 Å². The van der Waals surface area contributed by atoms with E-state index in [-0.39, 0.29) is 43.5 Å². The van der Waals surface area contributed by atoms with Crippen LogP contribution in [0.3, 0.4) is 0 Å². The molecular weight excluding hydrogens is 271 g/mol. The van der Waals surface area contributed by atoms with Gasteiger partial charge in [0.15, 0.2) is 0 Å². The summed E-state index contributed by atoms with van der Waals surface area (Å²) >= 11 is 0. The van der Waals surface area contributed by atoms with Crippen LogP contribution in [0.2, 0.25) is 0 Å². The normalized spacial score (nSPS) is 23.0. The molecule has 1 aromatic rings. The van der Waals surface area contributed by atoms with Crippen LogP contribution in [-0.2, 0) is 11.3 Å². The highest BCUT2D eigenvalue weighted by Crippen LogP contribution is 2.22. The molecule has 116 valence electrons. The van der Waals surface area contributed by atoms with Crippen molar-refractivity contribution in [3.8, 4) is 0 Å². The maximum atomic E-state index is 13.5. The fourth-order valence-electron chi connectivity index (χ4n) is 2.88. The van der Waals surface area contributed by atoms with Gasteiger partial charge >= 0.3 is 0 Å². The first-order valence-corrected chi connectivity index (χ1v) is 7.48. The maximum absolute atomic E-state index is 13.5. The molecule has 21 heavy (non-hydrogen) atoms. The van der Waals surface area contributed by atoms with E-state index >= 15 is 0 Å². The third-order valence-electron chi connectivity index (χ3n) is 4.17. The summed E-state index contributed by atoms with van der Waals surface area (Å²) in [7, 11) is 0.